The summed E-state index contributed by atoms with van der Waals surface area (Å²) >= 11 is 0. The maximum atomic E-state index is 9.53. The minimum absolute atomic E-state index is 0.272. The van der Waals surface area contributed by atoms with Crippen molar-refractivity contribution < 1.29 is 5.11 Å². The fourth-order valence-corrected chi connectivity index (χ4v) is 3.46. The molecule has 1 aliphatic rings. The van der Waals surface area contributed by atoms with Gasteiger partial charge in [-0.05, 0) is 42.9 Å². The number of aliphatic hydroxyl groups is 1. The summed E-state index contributed by atoms with van der Waals surface area (Å²) < 4.78 is 0. The molecule has 0 amide bonds. The number of hydrogen-bond acceptors (Lipinski definition) is 2. The summed E-state index contributed by atoms with van der Waals surface area (Å²) in [7, 11) is 0. The van der Waals surface area contributed by atoms with Gasteiger partial charge in [0, 0.05) is 12.1 Å². The summed E-state index contributed by atoms with van der Waals surface area (Å²) in [6.07, 6.45) is 5.06. The lowest BCUT2D eigenvalue weighted by Gasteiger charge is -2.40. The third-order valence-electron chi connectivity index (χ3n) is 4.45. The van der Waals surface area contributed by atoms with Crippen LogP contribution in [0, 0.1) is 23.7 Å². The molecule has 1 rings (SSSR count). The van der Waals surface area contributed by atoms with Crippen molar-refractivity contribution in [2.45, 2.75) is 72.4 Å². The predicted molar refractivity (Wildman–Crippen MR) is 78.6 cm³/mol. The van der Waals surface area contributed by atoms with E-state index in [0.717, 1.165) is 24.2 Å². The van der Waals surface area contributed by atoms with Gasteiger partial charge in [0.05, 0.1) is 6.61 Å². The standard InChI is InChI=1S/C16H33NO/c1-11(2)8-14(10-18)17-16-9-13(5)6-7-15(16)12(3)4/h11-18H,6-10H2,1-5H3. The van der Waals surface area contributed by atoms with Gasteiger partial charge in [0.2, 0.25) is 0 Å². The smallest absolute Gasteiger partial charge is 0.0584 e. The largest absolute Gasteiger partial charge is 0.395 e. The zero-order chi connectivity index (χ0) is 13.7. The van der Waals surface area contributed by atoms with Crippen molar-refractivity contribution in [2.75, 3.05) is 6.61 Å². The lowest BCUT2D eigenvalue weighted by molar-refractivity contribution is 0.133. The lowest BCUT2D eigenvalue weighted by Crippen LogP contribution is -2.49. The molecule has 0 aromatic rings. The molecule has 1 saturated carbocycles. The van der Waals surface area contributed by atoms with Crippen LogP contribution in [0.5, 0.6) is 0 Å². The third-order valence-corrected chi connectivity index (χ3v) is 4.45. The molecule has 0 aromatic heterocycles. The van der Waals surface area contributed by atoms with Crippen molar-refractivity contribution in [1.82, 2.24) is 5.32 Å². The number of nitrogens with one attached hydrogen (secondary N) is 1. The first-order valence-electron chi connectivity index (χ1n) is 7.80. The van der Waals surface area contributed by atoms with E-state index in [2.05, 4.69) is 39.9 Å². The van der Waals surface area contributed by atoms with Crippen molar-refractivity contribution in [1.29, 1.82) is 0 Å². The van der Waals surface area contributed by atoms with E-state index in [1.165, 1.54) is 19.3 Å². The number of hydrogen-bond donors (Lipinski definition) is 2. The van der Waals surface area contributed by atoms with Crippen molar-refractivity contribution >= 4 is 0 Å². The molecule has 0 aliphatic heterocycles. The van der Waals surface area contributed by atoms with E-state index in [-0.39, 0.29) is 12.6 Å². The Hall–Kier alpha value is -0.0800. The highest BCUT2D eigenvalue weighted by atomic mass is 16.3. The van der Waals surface area contributed by atoms with Crippen LogP contribution in [0.25, 0.3) is 0 Å². The molecule has 0 heterocycles. The quantitative estimate of drug-likeness (QED) is 0.762. The lowest BCUT2D eigenvalue weighted by atomic mass is 9.73. The van der Waals surface area contributed by atoms with Crippen LogP contribution in [0.1, 0.15) is 60.3 Å². The van der Waals surface area contributed by atoms with Crippen LogP contribution in [0.4, 0.5) is 0 Å². The van der Waals surface area contributed by atoms with Gasteiger partial charge in [-0.1, -0.05) is 41.0 Å². The highest BCUT2D eigenvalue weighted by Gasteiger charge is 2.31. The topological polar surface area (TPSA) is 32.3 Å². The Morgan fingerprint density at radius 3 is 2.33 bits per heavy atom. The normalized spacial score (nSPS) is 31.0. The van der Waals surface area contributed by atoms with E-state index in [4.69, 9.17) is 0 Å². The van der Waals surface area contributed by atoms with Gasteiger partial charge in [0.25, 0.3) is 0 Å². The summed E-state index contributed by atoms with van der Waals surface area (Å²) in [6.45, 7) is 11.8. The minimum Gasteiger partial charge on any atom is -0.395 e. The molecule has 4 atom stereocenters. The first kappa shape index (κ1) is 16.0. The summed E-state index contributed by atoms with van der Waals surface area (Å²) in [4.78, 5) is 0. The molecule has 2 heteroatoms. The molecule has 18 heavy (non-hydrogen) atoms. The van der Waals surface area contributed by atoms with Crippen LogP contribution in [-0.4, -0.2) is 23.8 Å². The van der Waals surface area contributed by atoms with Gasteiger partial charge in [0.15, 0.2) is 0 Å². The average Bonchev–Trinajstić information content (AvgIpc) is 2.27. The molecule has 0 bridgehead atoms. The highest BCUT2D eigenvalue weighted by molar-refractivity contribution is 4.87. The molecule has 0 aromatic carbocycles. The SMILES string of the molecule is CC(C)CC(CO)NC1CC(C)CCC1C(C)C. The number of rotatable bonds is 6. The van der Waals surface area contributed by atoms with Gasteiger partial charge in [-0.25, -0.2) is 0 Å². The van der Waals surface area contributed by atoms with Crippen molar-refractivity contribution in [2.24, 2.45) is 23.7 Å². The molecule has 0 radical (unpaired) electrons. The molecule has 0 saturated heterocycles. The Bertz CT molecular complexity index is 227. The van der Waals surface area contributed by atoms with Crippen LogP contribution in [0.2, 0.25) is 0 Å². The predicted octanol–water partition coefficient (Wildman–Crippen LogP) is 3.44. The zero-order valence-corrected chi connectivity index (χ0v) is 12.9. The van der Waals surface area contributed by atoms with Crippen molar-refractivity contribution in [3.8, 4) is 0 Å². The second kappa shape index (κ2) is 7.49. The Morgan fingerprint density at radius 2 is 1.83 bits per heavy atom. The van der Waals surface area contributed by atoms with E-state index in [1.807, 2.05) is 0 Å². The Labute approximate surface area is 114 Å². The molecule has 2 N–H and O–H groups in total. The van der Waals surface area contributed by atoms with Crippen LogP contribution >= 0.6 is 0 Å². The van der Waals surface area contributed by atoms with Crippen molar-refractivity contribution in [3.63, 3.8) is 0 Å². The van der Waals surface area contributed by atoms with E-state index in [1.54, 1.807) is 0 Å². The summed E-state index contributed by atoms with van der Waals surface area (Å²) in [5.41, 5.74) is 0. The monoisotopic (exact) mass is 255 g/mol. The maximum absolute atomic E-state index is 9.53. The Balaban J connectivity index is 2.58. The maximum Gasteiger partial charge on any atom is 0.0584 e. The van der Waals surface area contributed by atoms with E-state index in [0.29, 0.717) is 12.0 Å². The van der Waals surface area contributed by atoms with Crippen LogP contribution in [0.3, 0.4) is 0 Å². The highest BCUT2D eigenvalue weighted by Crippen LogP contribution is 2.33. The van der Waals surface area contributed by atoms with Gasteiger partial charge < -0.3 is 10.4 Å². The van der Waals surface area contributed by atoms with E-state index >= 15 is 0 Å². The minimum atomic E-state index is 0.272. The molecule has 108 valence electrons. The van der Waals surface area contributed by atoms with Gasteiger partial charge in [-0.3, -0.25) is 0 Å². The molecule has 1 fully saturated rings. The van der Waals surface area contributed by atoms with Crippen LogP contribution in [-0.2, 0) is 0 Å². The molecular formula is C16H33NO. The van der Waals surface area contributed by atoms with Gasteiger partial charge in [-0.15, -0.1) is 0 Å². The zero-order valence-electron chi connectivity index (χ0n) is 12.9. The summed E-state index contributed by atoms with van der Waals surface area (Å²) in [6, 6.07) is 0.881. The second-order valence-electron chi connectivity index (χ2n) is 7.11. The fraction of sp³-hybridized carbons (Fsp3) is 1.00. The second-order valence-corrected chi connectivity index (χ2v) is 7.11. The number of aliphatic hydroxyl groups excluding tert-OH is 1. The summed E-state index contributed by atoms with van der Waals surface area (Å²) in [5.74, 6) is 3.00. The first-order valence-corrected chi connectivity index (χ1v) is 7.80. The molecule has 0 spiro atoms. The Kier molecular flexibility index (Phi) is 6.65. The van der Waals surface area contributed by atoms with Gasteiger partial charge >= 0.3 is 0 Å². The summed E-state index contributed by atoms with van der Waals surface area (Å²) in [5, 5.41) is 13.3. The average molecular weight is 255 g/mol. The van der Waals surface area contributed by atoms with Crippen molar-refractivity contribution in [3.05, 3.63) is 0 Å². The Morgan fingerprint density at radius 1 is 1.17 bits per heavy atom. The molecule has 4 unspecified atom stereocenters. The van der Waals surface area contributed by atoms with E-state index in [9.17, 15) is 5.11 Å². The van der Waals surface area contributed by atoms with Crippen LogP contribution < -0.4 is 5.32 Å². The van der Waals surface area contributed by atoms with E-state index < -0.39 is 0 Å². The van der Waals surface area contributed by atoms with Gasteiger partial charge in [0.1, 0.15) is 0 Å². The first-order chi connectivity index (χ1) is 8.43. The molecular weight excluding hydrogens is 222 g/mol. The fourth-order valence-electron chi connectivity index (χ4n) is 3.46. The molecule has 2 nitrogen and oxygen atoms in total. The third kappa shape index (κ3) is 4.89. The molecule has 1 aliphatic carbocycles. The van der Waals surface area contributed by atoms with Crippen LogP contribution in [0.15, 0.2) is 0 Å². The van der Waals surface area contributed by atoms with Gasteiger partial charge in [-0.2, -0.15) is 0 Å².